The predicted molar refractivity (Wildman–Crippen MR) is 72.5 cm³/mol. The van der Waals surface area contributed by atoms with E-state index >= 15 is 0 Å². The van der Waals surface area contributed by atoms with E-state index in [4.69, 9.17) is 0 Å². The van der Waals surface area contributed by atoms with Gasteiger partial charge >= 0.3 is 0 Å². The number of amides is 1. The zero-order valence-electron chi connectivity index (χ0n) is 10.8. The van der Waals surface area contributed by atoms with Crippen molar-refractivity contribution in [3.63, 3.8) is 0 Å². The first-order valence-electron chi connectivity index (χ1n) is 5.98. The number of rotatable bonds is 3. The maximum Gasteiger partial charge on any atom is 0.258 e. The quantitative estimate of drug-likeness (QED) is 0.775. The molecule has 0 aliphatic heterocycles. The Bertz CT molecular complexity index is 731. The first-order valence-corrected chi connectivity index (χ1v) is 5.98. The zero-order valence-corrected chi connectivity index (χ0v) is 10.8. The average molecular weight is 268 g/mol. The number of aromatic nitrogens is 5. The van der Waals surface area contributed by atoms with Crippen molar-refractivity contribution in [1.82, 2.24) is 24.5 Å². The molecule has 20 heavy (non-hydrogen) atoms. The normalized spacial score (nSPS) is 10.4. The van der Waals surface area contributed by atoms with E-state index in [0.29, 0.717) is 11.3 Å². The fourth-order valence-electron chi connectivity index (χ4n) is 1.84. The second-order valence-electron chi connectivity index (χ2n) is 4.21. The molecule has 1 amide bonds. The number of benzene rings is 1. The number of nitrogens with one attached hydrogen (secondary N) is 1. The lowest BCUT2D eigenvalue weighted by Gasteiger charge is -2.09. The zero-order chi connectivity index (χ0) is 13.9. The van der Waals surface area contributed by atoms with Gasteiger partial charge in [0.2, 0.25) is 0 Å². The second kappa shape index (κ2) is 4.96. The molecule has 7 heteroatoms. The van der Waals surface area contributed by atoms with Gasteiger partial charge in [-0.3, -0.25) is 9.48 Å². The Labute approximate surface area is 114 Å². The molecule has 0 saturated heterocycles. The molecule has 0 aliphatic rings. The fourth-order valence-corrected chi connectivity index (χ4v) is 1.84. The number of para-hydroxylation sites is 2. The summed E-state index contributed by atoms with van der Waals surface area (Å²) in [5.41, 5.74) is 1.91. The summed E-state index contributed by atoms with van der Waals surface area (Å²) in [6, 6.07) is 7.38. The lowest BCUT2D eigenvalue weighted by atomic mass is 10.2. The third kappa shape index (κ3) is 2.28. The minimum Gasteiger partial charge on any atom is -0.320 e. The first-order chi connectivity index (χ1) is 9.74. The summed E-state index contributed by atoms with van der Waals surface area (Å²) in [6.07, 6.45) is 6.20. The maximum atomic E-state index is 12.1. The molecular weight excluding hydrogens is 256 g/mol. The van der Waals surface area contributed by atoms with Gasteiger partial charge < -0.3 is 5.32 Å². The molecule has 3 aromatic rings. The van der Waals surface area contributed by atoms with Crippen LogP contribution in [0.15, 0.2) is 49.3 Å². The van der Waals surface area contributed by atoms with Crippen LogP contribution in [0.3, 0.4) is 0 Å². The van der Waals surface area contributed by atoms with Gasteiger partial charge in [0.15, 0.2) is 0 Å². The van der Waals surface area contributed by atoms with Gasteiger partial charge in [-0.2, -0.15) is 10.2 Å². The monoisotopic (exact) mass is 268 g/mol. The summed E-state index contributed by atoms with van der Waals surface area (Å²) in [4.78, 5) is 16.0. The van der Waals surface area contributed by atoms with Crippen molar-refractivity contribution in [2.24, 2.45) is 7.05 Å². The van der Waals surface area contributed by atoms with E-state index in [-0.39, 0.29) is 5.91 Å². The predicted octanol–water partition coefficient (Wildman–Crippen LogP) is 1.25. The van der Waals surface area contributed by atoms with Crippen LogP contribution in [-0.2, 0) is 7.05 Å². The van der Waals surface area contributed by atoms with E-state index in [2.05, 4.69) is 20.5 Å². The third-order valence-corrected chi connectivity index (χ3v) is 2.78. The smallest absolute Gasteiger partial charge is 0.258 e. The lowest BCUT2D eigenvalue weighted by molar-refractivity contribution is 0.102. The first kappa shape index (κ1) is 12.1. The van der Waals surface area contributed by atoms with Crippen LogP contribution in [0.25, 0.3) is 5.69 Å². The molecular formula is C13H12N6O. The number of nitrogens with zero attached hydrogens (tertiary/aromatic N) is 5. The van der Waals surface area contributed by atoms with E-state index in [0.717, 1.165) is 5.69 Å². The van der Waals surface area contributed by atoms with Crippen LogP contribution in [0.1, 0.15) is 10.4 Å². The van der Waals surface area contributed by atoms with Crippen LogP contribution in [-0.4, -0.2) is 30.5 Å². The van der Waals surface area contributed by atoms with Gasteiger partial charge in [0.05, 0.1) is 23.1 Å². The van der Waals surface area contributed by atoms with Gasteiger partial charge in [0.25, 0.3) is 5.91 Å². The SMILES string of the molecule is Cn1cc(C(=O)Nc2ccccc2-n2cncn2)cn1. The lowest BCUT2D eigenvalue weighted by Crippen LogP contribution is -2.13. The molecule has 0 bridgehead atoms. The van der Waals surface area contributed by atoms with Crippen LogP contribution in [0, 0.1) is 0 Å². The number of hydrogen-bond donors (Lipinski definition) is 1. The molecule has 2 heterocycles. The largest absolute Gasteiger partial charge is 0.320 e. The fraction of sp³-hybridized carbons (Fsp3) is 0.0769. The van der Waals surface area contributed by atoms with Crippen LogP contribution in [0.5, 0.6) is 0 Å². The van der Waals surface area contributed by atoms with E-state index < -0.39 is 0 Å². The number of carbonyl (C=O) groups excluding carboxylic acids is 1. The molecule has 1 N–H and O–H groups in total. The Balaban J connectivity index is 1.90. The van der Waals surface area contributed by atoms with Crippen molar-refractivity contribution in [3.05, 3.63) is 54.9 Å². The summed E-state index contributed by atoms with van der Waals surface area (Å²) in [5, 5.41) is 10.9. The summed E-state index contributed by atoms with van der Waals surface area (Å²) in [5.74, 6) is -0.217. The van der Waals surface area contributed by atoms with E-state index in [9.17, 15) is 4.79 Å². The molecule has 7 nitrogen and oxygen atoms in total. The Morgan fingerprint density at radius 3 is 2.80 bits per heavy atom. The number of anilines is 1. The molecule has 1 aromatic carbocycles. The summed E-state index contributed by atoms with van der Waals surface area (Å²) < 4.78 is 3.18. The Kier molecular flexibility index (Phi) is 3.00. The van der Waals surface area contributed by atoms with Crippen LogP contribution < -0.4 is 5.32 Å². The number of hydrogen-bond acceptors (Lipinski definition) is 4. The van der Waals surface area contributed by atoms with Gasteiger partial charge in [-0.05, 0) is 12.1 Å². The molecule has 0 aliphatic carbocycles. The maximum absolute atomic E-state index is 12.1. The van der Waals surface area contributed by atoms with Crippen LogP contribution >= 0.6 is 0 Å². The molecule has 100 valence electrons. The average Bonchev–Trinajstić information content (AvgIpc) is 3.10. The standard InChI is InChI=1S/C13H12N6O/c1-18-7-10(6-15-18)13(20)17-11-4-2-3-5-12(11)19-9-14-8-16-19/h2-9H,1H3,(H,17,20). The Morgan fingerprint density at radius 2 is 2.10 bits per heavy atom. The highest BCUT2D eigenvalue weighted by molar-refractivity contribution is 6.04. The highest BCUT2D eigenvalue weighted by Gasteiger charge is 2.11. The summed E-state index contributed by atoms with van der Waals surface area (Å²) in [6.45, 7) is 0. The Morgan fingerprint density at radius 1 is 1.25 bits per heavy atom. The topological polar surface area (TPSA) is 77.6 Å². The molecule has 0 unspecified atom stereocenters. The second-order valence-corrected chi connectivity index (χ2v) is 4.21. The van der Waals surface area contributed by atoms with Gasteiger partial charge in [0.1, 0.15) is 12.7 Å². The minimum absolute atomic E-state index is 0.217. The molecule has 2 aromatic heterocycles. The van der Waals surface area contributed by atoms with Gasteiger partial charge in [-0.15, -0.1) is 0 Å². The van der Waals surface area contributed by atoms with Gasteiger partial charge in [-0.25, -0.2) is 9.67 Å². The highest BCUT2D eigenvalue weighted by atomic mass is 16.1. The minimum atomic E-state index is -0.217. The van der Waals surface area contributed by atoms with Crippen molar-refractivity contribution in [3.8, 4) is 5.69 Å². The van der Waals surface area contributed by atoms with Crippen molar-refractivity contribution in [2.75, 3.05) is 5.32 Å². The van der Waals surface area contributed by atoms with E-state index in [1.54, 1.807) is 28.9 Å². The molecule has 0 radical (unpaired) electrons. The van der Waals surface area contributed by atoms with Crippen molar-refractivity contribution in [1.29, 1.82) is 0 Å². The summed E-state index contributed by atoms with van der Waals surface area (Å²) >= 11 is 0. The van der Waals surface area contributed by atoms with Crippen LogP contribution in [0.4, 0.5) is 5.69 Å². The molecule has 3 rings (SSSR count). The highest BCUT2D eigenvalue weighted by Crippen LogP contribution is 2.19. The molecule has 0 atom stereocenters. The van der Waals surface area contributed by atoms with E-state index in [1.807, 2.05) is 24.3 Å². The van der Waals surface area contributed by atoms with E-state index in [1.165, 1.54) is 12.5 Å². The number of carbonyl (C=O) groups is 1. The van der Waals surface area contributed by atoms with Gasteiger partial charge in [-0.1, -0.05) is 12.1 Å². The van der Waals surface area contributed by atoms with Gasteiger partial charge in [0, 0.05) is 13.2 Å². The molecule has 0 spiro atoms. The third-order valence-electron chi connectivity index (χ3n) is 2.78. The van der Waals surface area contributed by atoms with Crippen LogP contribution in [0.2, 0.25) is 0 Å². The number of aryl methyl sites for hydroxylation is 1. The summed E-state index contributed by atoms with van der Waals surface area (Å²) in [7, 11) is 1.76. The van der Waals surface area contributed by atoms with Crippen molar-refractivity contribution < 1.29 is 4.79 Å². The van der Waals surface area contributed by atoms with Crippen molar-refractivity contribution in [2.45, 2.75) is 0 Å². The van der Waals surface area contributed by atoms with Crippen molar-refractivity contribution >= 4 is 11.6 Å². The molecule has 0 saturated carbocycles. The molecule has 0 fully saturated rings. The Hall–Kier alpha value is -2.96.